The number of aldehydes is 1. The zero-order chi connectivity index (χ0) is 14.7. The molecule has 0 N–H and O–H groups in total. The monoisotopic (exact) mass is 344 g/mol. The van der Waals surface area contributed by atoms with Gasteiger partial charge < -0.3 is 0 Å². The van der Waals surface area contributed by atoms with Crippen LogP contribution in [-0.2, 0) is 16.1 Å². The summed E-state index contributed by atoms with van der Waals surface area (Å²) in [5.41, 5.74) is 2.14. The van der Waals surface area contributed by atoms with Crippen molar-refractivity contribution in [2.45, 2.75) is 47.7 Å². The number of Topliss-reactive ketones (excluding diaryl/α,β-unsaturated/α-hetero) is 1. The number of hydrogen-bond acceptors (Lipinski definition) is 2. The standard InChI is InChI=1S/C15H11O2.C5H5.Fe/c16-11-15(17)14(13-8-4-5-9-13)10-12-6-2-1-3-7-12;1-2-4-5-3-1;/h1-11H;1-5H;. The van der Waals surface area contributed by atoms with E-state index in [9.17, 15) is 9.59 Å². The van der Waals surface area contributed by atoms with E-state index in [1.807, 2.05) is 18.2 Å². The molecule has 0 amide bonds. The molecule has 0 saturated carbocycles. The Hall–Kier alpha value is -1.18. The molecule has 4 atom stereocenters. The molecule has 0 bridgehead atoms. The molecule has 10 aliphatic rings. The van der Waals surface area contributed by atoms with Crippen LogP contribution in [0.15, 0.2) is 35.9 Å². The van der Waals surface area contributed by atoms with E-state index < -0.39 is 6.51 Å². The second kappa shape index (κ2) is 0.949. The van der Waals surface area contributed by atoms with Crippen LogP contribution in [0, 0.1) is 0 Å². The molecule has 10 saturated heterocycles. The van der Waals surface area contributed by atoms with Gasteiger partial charge in [-0.2, -0.15) is 0 Å². The number of hydrogen-bond donors (Lipinski definition) is 0. The van der Waals surface area contributed by atoms with Crippen molar-refractivity contribution >= 4 is 18.1 Å². The van der Waals surface area contributed by atoms with Gasteiger partial charge in [-0.15, -0.1) is 0 Å². The van der Waals surface area contributed by atoms with Gasteiger partial charge in [0.05, 0.1) is 0 Å². The number of rotatable bonds is 4. The average Bonchev–Trinajstić information content (AvgIpc) is 3.53. The molecule has 0 aromatic heterocycles. The topological polar surface area (TPSA) is 34.1 Å². The van der Waals surface area contributed by atoms with Gasteiger partial charge in [0.2, 0.25) is 0 Å². The first-order valence-corrected chi connectivity index (χ1v) is 15.3. The fourth-order valence-corrected chi connectivity index (χ4v) is 92.2. The summed E-state index contributed by atoms with van der Waals surface area (Å²) in [6.45, 7) is -3.37. The van der Waals surface area contributed by atoms with Crippen molar-refractivity contribution in [3.8, 4) is 0 Å². The first-order chi connectivity index (χ1) is 11.0. The van der Waals surface area contributed by atoms with Crippen LogP contribution in [-0.4, -0.2) is 12.1 Å². The van der Waals surface area contributed by atoms with Crippen LogP contribution in [0.25, 0.3) is 6.08 Å². The van der Waals surface area contributed by atoms with Gasteiger partial charge in [-0.25, -0.2) is 0 Å². The average molecular weight is 344 g/mol. The molecule has 0 radical (unpaired) electrons. The van der Waals surface area contributed by atoms with Gasteiger partial charge in [-0.05, 0) is 0 Å². The number of benzene rings is 1. The minimum atomic E-state index is -3.37. The van der Waals surface area contributed by atoms with Crippen LogP contribution in [0.5, 0.6) is 0 Å². The van der Waals surface area contributed by atoms with Crippen molar-refractivity contribution in [2.24, 2.45) is 0 Å². The summed E-state index contributed by atoms with van der Waals surface area (Å²) in [5, 5.41) is 0. The summed E-state index contributed by atoms with van der Waals surface area (Å²) < 4.78 is 0.368. The van der Waals surface area contributed by atoms with E-state index in [0.29, 0.717) is 10.6 Å². The van der Waals surface area contributed by atoms with Gasteiger partial charge in [0.25, 0.3) is 0 Å². The van der Waals surface area contributed by atoms with Crippen molar-refractivity contribution in [3.63, 3.8) is 0 Å². The Morgan fingerprint density at radius 2 is 1.48 bits per heavy atom. The van der Waals surface area contributed by atoms with E-state index in [-0.39, 0.29) is 5.78 Å². The SMILES string of the molecule is O=CC(=O)C(=Cc1ccccc1)[C]12[CH]3[CH]4[CH]5[CH]1[Fe]45321678[CH]2[CH]1[CH]6[CH]7[CH]28. The van der Waals surface area contributed by atoms with Crippen molar-refractivity contribution in [1.29, 1.82) is 0 Å². The molecule has 4 unspecified atom stereocenters. The summed E-state index contributed by atoms with van der Waals surface area (Å²) in [5.74, 6) is -0.165. The molecule has 1 aromatic carbocycles. The van der Waals surface area contributed by atoms with Gasteiger partial charge in [-0.1, -0.05) is 0 Å². The molecule has 1 aromatic rings. The molecule has 10 heterocycles. The van der Waals surface area contributed by atoms with Crippen LogP contribution in [0.3, 0.4) is 0 Å². The van der Waals surface area contributed by atoms with Gasteiger partial charge >= 0.3 is 123 Å². The summed E-state index contributed by atoms with van der Waals surface area (Å²) in [6, 6.07) is 10.3. The van der Waals surface area contributed by atoms with Crippen LogP contribution < -0.4 is 0 Å². The third-order valence-corrected chi connectivity index (χ3v) is 58.9. The Kier molecular flexibility index (Phi) is 0.386. The number of fused-ring (bicyclic) bond motifs is 10. The molecular formula is C20H16FeO2. The molecule has 10 fully saturated rings. The summed E-state index contributed by atoms with van der Waals surface area (Å²) >= 11 is 0. The van der Waals surface area contributed by atoms with Gasteiger partial charge in [0.1, 0.15) is 0 Å². The Morgan fingerprint density at radius 3 is 1.87 bits per heavy atom. The summed E-state index contributed by atoms with van der Waals surface area (Å²) in [7, 11) is 0. The number of carbonyl (C=O) groups is 2. The van der Waals surface area contributed by atoms with E-state index >= 15 is 0 Å². The van der Waals surface area contributed by atoms with Crippen LogP contribution in [0.2, 0.25) is 47.7 Å². The maximum absolute atomic E-state index is 12.7. The predicted molar refractivity (Wildman–Crippen MR) is 81.9 cm³/mol. The summed E-state index contributed by atoms with van der Waals surface area (Å²) in [6.07, 6.45) is 2.78. The van der Waals surface area contributed by atoms with Crippen molar-refractivity contribution in [1.82, 2.24) is 0 Å². The fourth-order valence-electron chi connectivity index (χ4n) is 18.1. The van der Waals surface area contributed by atoms with Crippen molar-refractivity contribution < 1.29 is 16.1 Å². The molecule has 23 heavy (non-hydrogen) atoms. The molecule has 2 nitrogen and oxygen atoms in total. The van der Waals surface area contributed by atoms with E-state index in [0.717, 1.165) is 20.8 Å². The quantitative estimate of drug-likeness (QED) is 0.346. The molecular weight excluding hydrogens is 328 g/mol. The Labute approximate surface area is 123 Å². The zero-order valence-corrected chi connectivity index (χ0v) is 13.5. The Morgan fingerprint density at radius 1 is 0.913 bits per heavy atom. The van der Waals surface area contributed by atoms with Gasteiger partial charge in [0.15, 0.2) is 0 Å². The molecule has 3 heteroatoms. The fraction of sp³-hybridized carbons (Fsp3) is 0.500. The van der Waals surface area contributed by atoms with Crippen molar-refractivity contribution in [2.75, 3.05) is 0 Å². The first-order valence-electron chi connectivity index (χ1n) is 8.97. The van der Waals surface area contributed by atoms with Crippen molar-refractivity contribution in [3.05, 3.63) is 41.5 Å². The van der Waals surface area contributed by atoms with E-state index in [4.69, 9.17) is 0 Å². The van der Waals surface area contributed by atoms with Gasteiger partial charge in [-0.3, -0.25) is 0 Å². The van der Waals surface area contributed by atoms with E-state index in [1.165, 1.54) is 33.7 Å². The maximum atomic E-state index is 12.7. The molecule has 0 aliphatic carbocycles. The molecule has 10 aliphatic heterocycles. The normalized spacial score (nSPS) is 91.5. The summed E-state index contributed by atoms with van der Waals surface area (Å²) in [4.78, 5) is 34.5. The van der Waals surface area contributed by atoms with Crippen LogP contribution in [0.1, 0.15) is 5.56 Å². The molecule has 116 valence electrons. The van der Waals surface area contributed by atoms with E-state index in [2.05, 4.69) is 18.2 Å². The number of carbonyl (C=O) groups excluding carboxylic acids is 2. The van der Waals surface area contributed by atoms with Crippen LogP contribution in [0.4, 0.5) is 0 Å². The Balaban J connectivity index is 1.34. The predicted octanol–water partition coefficient (Wildman–Crippen LogP) is 4.60. The minimum absolute atomic E-state index is 0.165. The Bertz CT molecular complexity index is 1290. The zero-order valence-electron chi connectivity index (χ0n) is 12.4. The second-order valence-corrected chi connectivity index (χ2v) is 35.7. The third kappa shape index (κ3) is 0.133. The molecule has 1 spiro atoms. The molecule has 11 rings (SSSR count). The third-order valence-electron chi connectivity index (χ3n) is 16.6. The van der Waals surface area contributed by atoms with Crippen LogP contribution >= 0.6 is 0 Å². The second-order valence-electron chi connectivity index (χ2n) is 12.1. The van der Waals surface area contributed by atoms with Gasteiger partial charge in [0, 0.05) is 0 Å². The number of allylic oxidation sites excluding steroid dienone is 1. The number of ketones is 1. The first kappa shape index (κ1) is 9.34. The van der Waals surface area contributed by atoms with E-state index in [1.54, 1.807) is 0 Å².